The van der Waals surface area contributed by atoms with Gasteiger partial charge in [0, 0.05) is 0 Å². The summed E-state index contributed by atoms with van der Waals surface area (Å²) in [4.78, 5) is 0. The van der Waals surface area contributed by atoms with Gasteiger partial charge >= 0.3 is 0 Å². The summed E-state index contributed by atoms with van der Waals surface area (Å²) in [6.07, 6.45) is 2.84. The van der Waals surface area contributed by atoms with Gasteiger partial charge in [-0.3, -0.25) is 0 Å². The highest BCUT2D eigenvalue weighted by molar-refractivity contribution is 4.91. The molecule has 18 heavy (non-hydrogen) atoms. The first-order valence-electron chi connectivity index (χ1n) is 8.25. The molecule has 4 atom stereocenters. The van der Waals surface area contributed by atoms with Crippen molar-refractivity contribution in [3.05, 3.63) is 0 Å². The second-order valence-electron chi connectivity index (χ2n) is 8.02. The Morgan fingerprint density at radius 3 is 0.944 bits per heavy atom. The maximum absolute atomic E-state index is 2.52. The van der Waals surface area contributed by atoms with Gasteiger partial charge in [-0.1, -0.05) is 55.4 Å². The summed E-state index contributed by atoms with van der Waals surface area (Å²) in [5.74, 6) is 7.20. The van der Waals surface area contributed by atoms with Crippen LogP contribution in [0.3, 0.4) is 0 Å². The van der Waals surface area contributed by atoms with Crippen molar-refractivity contribution in [3.63, 3.8) is 0 Å². The Kier molecular flexibility index (Phi) is 5.74. The van der Waals surface area contributed by atoms with Gasteiger partial charge in [-0.15, -0.1) is 0 Å². The Bertz CT molecular complexity index is 198. The molecular weight excluding hydrogens is 216 g/mol. The van der Waals surface area contributed by atoms with E-state index < -0.39 is 0 Å². The van der Waals surface area contributed by atoms with Gasteiger partial charge in [-0.2, -0.15) is 0 Å². The predicted octanol–water partition coefficient (Wildman–Crippen LogP) is 5.87. The summed E-state index contributed by atoms with van der Waals surface area (Å²) < 4.78 is 0. The van der Waals surface area contributed by atoms with Gasteiger partial charge < -0.3 is 0 Å². The molecule has 108 valence electrons. The van der Waals surface area contributed by atoms with Crippen molar-refractivity contribution in [2.75, 3.05) is 0 Å². The lowest BCUT2D eigenvalue weighted by atomic mass is 9.56. The smallest absolute Gasteiger partial charge is 0.0355 e. The van der Waals surface area contributed by atoms with E-state index in [0.717, 1.165) is 47.3 Å². The van der Waals surface area contributed by atoms with Crippen molar-refractivity contribution in [1.29, 1.82) is 0 Å². The van der Waals surface area contributed by atoms with Crippen LogP contribution in [0.15, 0.2) is 0 Å². The number of hydrogen-bond donors (Lipinski definition) is 0. The highest BCUT2D eigenvalue weighted by Crippen LogP contribution is 2.49. The number of hydrogen-bond acceptors (Lipinski definition) is 0. The Morgan fingerprint density at radius 2 is 0.778 bits per heavy atom. The topological polar surface area (TPSA) is 0 Å². The van der Waals surface area contributed by atoms with E-state index in [1.165, 1.54) is 12.8 Å². The second-order valence-corrected chi connectivity index (χ2v) is 8.02. The number of rotatable bonds is 4. The molecule has 0 aliphatic heterocycles. The second kappa shape index (κ2) is 6.44. The van der Waals surface area contributed by atoms with Crippen LogP contribution in [-0.4, -0.2) is 0 Å². The van der Waals surface area contributed by atoms with E-state index in [1.807, 2.05) is 0 Å². The summed E-state index contributed by atoms with van der Waals surface area (Å²) in [6, 6.07) is 0. The van der Waals surface area contributed by atoms with Crippen LogP contribution in [0.1, 0.15) is 68.2 Å². The zero-order chi connectivity index (χ0) is 14.0. The molecule has 0 bridgehead atoms. The molecule has 1 aliphatic carbocycles. The van der Waals surface area contributed by atoms with Crippen molar-refractivity contribution in [3.8, 4) is 0 Å². The zero-order valence-corrected chi connectivity index (χ0v) is 14.0. The molecule has 0 heteroatoms. The third kappa shape index (κ3) is 3.52. The molecule has 0 heterocycles. The van der Waals surface area contributed by atoms with Gasteiger partial charge in [-0.05, 0) is 60.2 Å². The largest absolute Gasteiger partial charge is 0.0628 e. The quantitative estimate of drug-likeness (QED) is 0.587. The van der Waals surface area contributed by atoms with Crippen molar-refractivity contribution in [2.24, 2.45) is 47.3 Å². The molecule has 4 unspecified atom stereocenters. The molecule has 0 amide bonds. The molecule has 1 rings (SSSR count). The molecule has 0 saturated heterocycles. The van der Waals surface area contributed by atoms with Gasteiger partial charge in [-0.25, -0.2) is 0 Å². The standard InChI is InChI=1S/C18H36/c1-11(2)9-17-13(5)15(7)18(10-12(3)4)16(8)14(17)6/h11-18H,9-10H2,1-8H3. The van der Waals surface area contributed by atoms with Crippen LogP contribution in [0.4, 0.5) is 0 Å². The maximum Gasteiger partial charge on any atom is -0.0355 e. The summed E-state index contributed by atoms with van der Waals surface area (Å²) in [6.45, 7) is 19.6. The Labute approximate surface area is 116 Å². The van der Waals surface area contributed by atoms with Crippen LogP contribution in [-0.2, 0) is 0 Å². The fourth-order valence-electron chi connectivity index (χ4n) is 4.46. The third-order valence-electron chi connectivity index (χ3n) is 5.85. The van der Waals surface area contributed by atoms with E-state index in [-0.39, 0.29) is 0 Å². The Morgan fingerprint density at radius 1 is 0.556 bits per heavy atom. The van der Waals surface area contributed by atoms with Crippen LogP contribution in [0.2, 0.25) is 0 Å². The summed E-state index contributed by atoms with van der Waals surface area (Å²) in [5.41, 5.74) is 0. The fourth-order valence-corrected chi connectivity index (χ4v) is 4.46. The monoisotopic (exact) mass is 252 g/mol. The minimum atomic E-state index is 0.848. The maximum atomic E-state index is 2.52. The van der Waals surface area contributed by atoms with E-state index in [4.69, 9.17) is 0 Å². The first-order chi connectivity index (χ1) is 8.25. The minimum absolute atomic E-state index is 0.848. The highest BCUT2D eigenvalue weighted by Gasteiger charge is 2.42. The van der Waals surface area contributed by atoms with E-state index in [1.54, 1.807) is 0 Å². The molecule has 0 spiro atoms. The third-order valence-corrected chi connectivity index (χ3v) is 5.85. The van der Waals surface area contributed by atoms with Crippen molar-refractivity contribution < 1.29 is 0 Å². The van der Waals surface area contributed by atoms with Gasteiger partial charge in [0.1, 0.15) is 0 Å². The van der Waals surface area contributed by atoms with Crippen molar-refractivity contribution in [2.45, 2.75) is 68.2 Å². The van der Waals surface area contributed by atoms with Crippen LogP contribution in [0, 0.1) is 47.3 Å². The lowest BCUT2D eigenvalue weighted by Gasteiger charge is -2.49. The Balaban J connectivity index is 2.81. The average Bonchev–Trinajstić information content (AvgIpc) is 2.27. The first-order valence-corrected chi connectivity index (χ1v) is 8.25. The van der Waals surface area contributed by atoms with E-state index >= 15 is 0 Å². The average molecular weight is 252 g/mol. The first kappa shape index (κ1) is 16.1. The molecule has 0 nitrogen and oxygen atoms in total. The molecule has 0 radical (unpaired) electrons. The molecule has 0 aromatic rings. The van der Waals surface area contributed by atoms with Crippen LogP contribution in [0.5, 0.6) is 0 Å². The molecule has 0 aromatic carbocycles. The summed E-state index contributed by atoms with van der Waals surface area (Å²) in [5, 5.41) is 0. The minimum Gasteiger partial charge on any atom is -0.0628 e. The van der Waals surface area contributed by atoms with E-state index in [2.05, 4.69) is 55.4 Å². The molecule has 1 saturated carbocycles. The van der Waals surface area contributed by atoms with Gasteiger partial charge in [0.2, 0.25) is 0 Å². The van der Waals surface area contributed by atoms with Crippen LogP contribution < -0.4 is 0 Å². The molecule has 0 aromatic heterocycles. The highest BCUT2D eigenvalue weighted by atomic mass is 14.5. The molecule has 1 aliphatic rings. The molecule has 1 fully saturated rings. The van der Waals surface area contributed by atoms with E-state index in [0.29, 0.717) is 0 Å². The zero-order valence-electron chi connectivity index (χ0n) is 14.0. The van der Waals surface area contributed by atoms with Crippen LogP contribution >= 0.6 is 0 Å². The molecule has 0 N–H and O–H groups in total. The van der Waals surface area contributed by atoms with Crippen molar-refractivity contribution in [1.82, 2.24) is 0 Å². The van der Waals surface area contributed by atoms with Gasteiger partial charge in [0.05, 0.1) is 0 Å². The lowest BCUT2D eigenvalue weighted by Crippen LogP contribution is -2.43. The lowest BCUT2D eigenvalue weighted by molar-refractivity contribution is -0.00726. The predicted molar refractivity (Wildman–Crippen MR) is 82.5 cm³/mol. The summed E-state index contributed by atoms with van der Waals surface area (Å²) in [7, 11) is 0. The summed E-state index contributed by atoms with van der Waals surface area (Å²) >= 11 is 0. The normalized spacial score (nSPS) is 41.7. The Hall–Kier alpha value is 0. The fraction of sp³-hybridized carbons (Fsp3) is 1.00. The SMILES string of the molecule is CC(C)CC1C(C)C(C)C(CC(C)C)C(C)C1C. The van der Waals surface area contributed by atoms with E-state index in [9.17, 15) is 0 Å². The van der Waals surface area contributed by atoms with Crippen molar-refractivity contribution >= 4 is 0 Å². The van der Waals surface area contributed by atoms with Gasteiger partial charge in [0.15, 0.2) is 0 Å². The molecular formula is C18H36. The van der Waals surface area contributed by atoms with Crippen LogP contribution in [0.25, 0.3) is 0 Å². The van der Waals surface area contributed by atoms with Gasteiger partial charge in [0.25, 0.3) is 0 Å².